The number of nitrogens with zero attached hydrogens (tertiary/aromatic N) is 1. The molecule has 1 aliphatic heterocycles. The molecule has 0 bridgehead atoms. The molecule has 1 saturated heterocycles. The van der Waals surface area contributed by atoms with Gasteiger partial charge < -0.3 is 19.5 Å². The predicted octanol–water partition coefficient (Wildman–Crippen LogP) is 5.07. The normalized spacial score (nSPS) is 16.8. The SMILES string of the molecule is COC(=O)c1ccc(CN2C(=O)C(=O)/C(=C(/O)c3ccc(Cl)c(OC)c3)C2c2ccccc2C)cc1. The third-order valence-corrected chi connectivity index (χ3v) is 6.49. The largest absolute Gasteiger partial charge is 0.507 e. The zero-order valence-corrected chi connectivity index (χ0v) is 20.7. The molecule has 8 heteroatoms. The number of ketones is 1. The monoisotopic (exact) mass is 505 g/mol. The van der Waals surface area contributed by atoms with Gasteiger partial charge in [0.15, 0.2) is 0 Å². The third-order valence-electron chi connectivity index (χ3n) is 6.18. The number of halogens is 1. The molecule has 0 aliphatic carbocycles. The van der Waals surface area contributed by atoms with Crippen LogP contribution in [0.2, 0.25) is 5.02 Å². The molecule has 1 amide bonds. The molecule has 1 N–H and O–H groups in total. The van der Waals surface area contributed by atoms with E-state index in [1.54, 1.807) is 36.4 Å². The minimum atomic E-state index is -0.826. The van der Waals surface area contributed by atoms with Crippen molar-refractivity contribution < 1.29 is 29.0 Å². The van der Waals surface area contributed by atoms with Crippen LogP contribution in [0.4, 0.5) is 0 Å². The van der Waals surface area contributed by atoms with Crippen molar-refractivity contribution in [1.82, 2.24) is 4.90 Å². The lowest BCUT2D eigenvalue weighted by Crippen LogP contribution is -2.29. The Hall–Kier alpha value is -4.10. The second-order valence-electron chi connectivity index (χ2n) is 8.32. The number of methoxy groups -OCH3 is 2. The molecule has 1 atom stereocenters. The first-order valence-electron chi connectivity index (χ1n) is 11.1. The zero-order valence-electron chi connectivity index (χ0n) is 19.9. The van der Waals surface area contributed by atoms with E-state index in [-0.39, 0.29) is 17.9 Å². The summed E-state index contributed by atoms with van der Waals surface area (Å²) in [5, 5.41) is 11.6. The average Bonchev–Trinajstić information content (AvgIpc) is 3.13. The lowest BCUT2D eigenvalue weighted by Gasteiger charge is -2.26. The van der Waals surface area contributed by atoms with Crippen LogP contribution in [0, 0.1) is 6.92 Å². The van der Waals surface area contributed by atoms with Crippen LogP contribution in [-0.2, 0) is 20.9 Å². The lowest BCUT2D eigenvalue weighted by atomic mass is 9.92. The number of aryl methyl sites for hydroxylation is 1. The van der Waals surface area contributed by atoms with Crippen LogP contribution in [0.5, 0.6) is 5.75 Å². The summed E-state index contributed by atoms with van der Waals surface area (Å²) < 4.78 is 9.99. The number of hydrogen-bond donors (Lipinski definition) is 1. The Bertz CT molecular complexity index is 1380. The minimum absolute atomic E-state index is 0.0233. The number of rotatable bonds is 6. The van der Waals surface area contributed by atoms with Gasteiger partial charge in [0.05, 0.1) is 36.4 Å². The molecule has 4 rings (SSSR count). The van der Waals surface area contributed by atoms with Gasteiger partial charge in [0.25, 0.3) is 11.7 Å². The molecular weight excluding hydrogens is 482 g/mol. The molecule has 1 aliphatic rings. The smallest absolute Gasteiger partial charge is 0.337 e. The number of ether oxygens (including phenoxy) is 2. The number of Topliss-reactive ketones (excluding diaryl/α,β-unsaturated/α-hetero) is 1. The third kappa shape index (κ3) is 4.57. The van der Waals surface area contributed by atoms with Gasteiger partial charge in [0.1, 0.15) is 11.5 Å². The quantitative estimate of drug-likeness (QED) is 0.218. The maximum Gasteiger partial charge on any atom is 0.337 e. The molecule has 1 heterocycles. The highest BCUT2D eigenvalue weighted by molar-refractivity contribution is 6.46. The number of benzene rings is 3. The molecule has 7 nitrogen and oxygen atoms in total. The van der Waals surface area contributed by atoms with E-state index >= 15 is 0 Å². The van der Waals surface area contributed by atoms with E-state index in [1.165, 1.54) is 25.2 Å². The van der Waals surface area contributed by atoms with Crippen molar-refractivity contribution in [2.24, 2.45) is 0 Å². The van der Waals surface area contributed by atoms with Gasteiger partial charge in [-0.15, -0.1) is 0 Å². The number of aliphatic hydroxyl groups excluding tert-OH is 1. The molecule has 0 aromatic heterocycles. The number of hydrogen-bond acceptors (Lipinski definition) is 6. The van der Waals surface area contributed by atoms with Crippen molar-refractivity contribution in [3.63, 3.8) is 0 Å². The summed E-state index contributed by atoms with van der Waals surface area (Å²) in [5.74, 6) is -1.99. The van der Waals surface area contributed by atoms with E-state index in [4.69, 9.17) is 21.1 Å². The van der Waals surface area contributed by atoms with Crippen LogP contribution in [0.25, 0.3) is 5.76 Å². The Morgan fingerprint density at radius 2 is 1.67 bits per heavy atom. The van der Waals surface area contributed by atoms with E-state index in [0.29, 0.717) is 33.0 Å². The number of aliphatic hydroxyl groups is 1. The second kappa shape index (κ2) is 10.3. The van der Waals surface area contributed by atoms with Crippen LogP contribution in [-0.4, -0.2) is 41.9 Å². The minimum Gasteiger partial charge on any atom is -0.507 e. The van der Waals surface area contributed by atoms with Crippen LogP contribution in [0.3, 0.4) is 0 Å². The Morgan fingerprint density at radius 1 is 1.00 bits per heavy atom. The molecule has 0 radical (unpaired) electrons. The summed E-state index contributed by atoms with van der Waals surface area (Å²) in [6.45, 7) is 1.97. The first kappa shape index (κ1) is 25.0. The first-order chi connectivity index (χ1) is 17.3. The molecule has 1 unspecified atom stereocenters. The van der Waals surface area contributed by atoms with Crippen LogP contribution in [0.1, 0.15) is 38.7 Å². The van der Waals surface area contributed by atoms with E-state index < -0.39 is 23.7 Å². The zero-order chi connectivity index (χ0) is 26.0. The van der Waals surface area contributed by atoms with Crippen molar-refractivity contribution >= 4 is 35.0 Å². The van der Waals surface area contributed by atoms with Gasteiger partial charge in [-0.1, -0.05) is 48.0 Å². The van der Waals surface area contributed by atoms with E-state index in [9.17, 15) is 19.5 Å². The fourth-order valence-electron chi connectivity index (χ4n) is 4.28. The van der Waals surface area contributed by atoms with Crippen molar-refractivity contribution in [2.45, 2.75) is 19.5 Å². The number of esters is 1. The Balaban J connectivity index is 1.83. The maximum atomic E-state index is 13.3. The van der Waals surface area contributed by atoms with Gasteiger partial charge in [0, 0.05) is 12.1 Å². The predicted molar refractivity (Wildman–Crippen MR) is 135 cm³/mol. The summed E-state index contributed by atoms with van der Waals surface area (Å²) in [6.07, 6.45) is 0. The van der Waals surface area contributed by atoms with Gasteiger partial charge in [0.2, 0.25) is 0 Å². The summed E-state index contributed by atoms with van der Waals surface area (Å²) in [7, 11) is 2.75. The molecule has 184 valence electrons. The highest BCUT2D eigenvalue weighted by Gasteiger charge is 2.46. The van der Waals surface area contributed by atoms with Crippen molar-refractivity contribution in [3.8, 4) is 5.75 Å². The fraction of sp³-hybridized carbons (Fsp3) is 0.179. The summed E-state index contributed by atoms with van der Waals surface area (Å²) in [6, 6.07) is 17.8. The number of likely N-dealkylation sites (tertiary alicyclic amines) is 1. The number of carbonyl (C=O) groups excluding carboxylic acids is 3. The highest BCUT2D eigenvalue weighted by atomic mass is 35.5. The number of amides is 1. The number of carbonyl (C=O) groups is 3. The Labute approximate surface area is 213 Å². The molecular formula is C28H24ClNO6. The fourth-order valence-corrected chi connectivity index (χ4v) is 4.48. The molecule has 0 spiro atoms. The van der Waals surface area contributed by atoms with E-state index in [0.717, 1.165) is 5.56 Å². The van der Waals surface area contributed by atoms with Crippen LogP contribution < -0.4 is 4.74 Å². The van der Waals surface area contributed by atoms with E-state index in [2.05, 4.69) is 0 Å². The molecule has 3 aromatic carbocycles. The summed E-state index contributed by atoms with van der Waals surface area (Å²) in [5.41, 5.74) is 2.92. The van der Waals surface area contributed by atoms with Gasteiger partial charge in [-0.25, -0.2) is 4.79 Å². The average molecular weight is 506 g/mol. The maximum absolute atomic E-state index is 13.3. The lowest BCUT2D eigenvalue weighted by molar-refractivity contribution is -0.140. The van der Waals surface area contributed by atoms with E-state index in [1.807, 2.05) is 31.2 Å². The van der Waals surface area contributed by atoms with Crippen molar-refractivity contribution in [3.05, 3.63) is 105 Å². The van der Waals surface area contributed by atoms with Crippen LogP contribution in [0.15, 0.2) is 72.3 Å². The first-order valence-corrected chi connectivity index (χ1v) is 11.5. The van der Waals surface area contributed by atoms with Gasteiger partial charge in [-0.05, 0) is 53.9 Å². The van der Waals surface area contributed by atoms with Crippen molar-refractivity contribution in [2.75, 3.05) is 14.2 Å². The molecule has 36 heavy (non-hydrogen) atoms. The molecule has 1 fully saturated rings. The molecule has 3 aromatic rings. The Kier molecular flexibility index (Phi) is 7.12. The van der Waals surface area contributed by atoms with Crippen LogP contribution >= 0.6 is 11.6 Å². The van der Waals surface area contributed by atoms with Gasteiger partial charge in [-0.3, -0.25) is 9.59 Å². The highest BCUT2D eigenvalue weighted by Crippen LogP contribution is 2.42. The standard InChI is InChI=1S/C28H24ClNO6/c1-16-6-4-5-7-20(16)24-23(25(31)19-12-13-21(29)22(14-19)35-2)26(32)27(33)30(24)15-17-8-10-18(11-9-17)28(34)36-3/h4-14,24,31H,15H2,1-3H3/b25-23+. The van der Waals surface area contributed by atoms with Gasteiger partial charge in [-0.2, -0.15) is 0 Å². The van der Waals surface area contributed by atoms with Gasteiger partial charge >= 0.3 is 5.97 Å². The summed E-state index contributed by atoms with van der Waals surface area (Å²) >= 11 is 6.13. The molecule has 0 saturated carbocycles. The van der Waals surface area contributed by atoms with Crippen molar-refractivity contribution in [1.29, 1.82) is 0 Å². The second-order valence-corrected chi connectivity index (χ2v) is 8.73. The summed E-state index contributed by atoms with van der Waals surface area (Å²) in [4.78, 5) is 39.8. The topological polar surface area (TPSA) is 93.1 Å². The Morgan fingerprint density at radius 3 is 2.31 bits per heavy atom.